The number of hydrogen-bond acceptors (Lipinski definition) is 6. The van der Waals surface area contributed by atoms with Crippen LogP contribution in [0, 0.1) is 38.0 Å². The molecule has 0 aliphatic heterocycles. The van der Waals surface area contributed by atoms with E-state index in [4.69, 9.17) is 9.47 Å². The van der Waals surface area contributed by atoms with Crippen molar-refractivity contribution in [3.63, 3.8) is 0 Å². The molecule has 0 saturated heterocycles. The zero-order chi connectivity index (χ0) is 24.9. The minimum Gasteiger partial charge on any atom is -0.457 e. The van der Waals surface area contributed by atoms with Gasteiger partial charge in [0.1, 0.15) is 23.0 Å². The molecule has 0 radical (unpaired) electrons. The SMILES string of the molecule is O=[N+]([O-])c1ccc(Oc2ccc(Oc3ccc([N+](=O)[O-])cc3)c(C34CC5CC(CC(C5)C3)C4)c2)cc1. The Kier molecular flexibility index (Phi) is 5.39. The second kappa shape index (κ2) is 8.62. The number of non-ortho nitro benzene ring substituents is 2. The molecule has 0 unspecified atom stereocenters. The van der Waals surface area contributed by atoms with E-state index >= 15 is 0 Å². The average Bonchev–Trinajstić information content (AvgIpc) is 2.85. The lowest BCUT2D eigenvalue weighted by Crippen LogP contribution is -2.48. The van der Waals surface area contributed by atoms with Crippen molar-refractivity contribution in [2.45, 2.75) is 43.9 Å². The third-order valence-corrected chi connectivity index (χ3v) is 8.12. The van der Waals surface area contributed by atoms with Crippen LogP contribution in [0.5, 0.6) is 23.0 Å². The summed E-state index contributed by atoms with van der Waals surface area (Å²) in [5.41, 5.74) is 1.19. The van der Waals surface area contributed by atoms with Gasteiger partial charge in [0.2, 0.25) is 0 Å². The Balaban J connectivity index is 1.35. The molecule has 7 rings (SSSR count). The van der Waals surface area contributed by atoms with Crippen LogP contribution < -0.4 is 9.47 Å². The lowest BCUT2D eigenvalue weighted by Gasteiger charge is -2.57. The first-order chi connectivity index (χ1) is 17.4. The van der Waals surface area contributed by atoms with Gasteiger partial charge in [-0.1, -0.05) is 0 Å². The molecule has 36 heavy (non-hydrogen) atoms. The van der Waals surface area contributed by atoms with Crippen LogP contribution in [0.15, 0.2) is 66.7 Å². The molecule has 8 heteroatoms. The first-order valence-electron chi connectivity index (χ1n) is 12.4. The van der Waals surface area contributed by atoms with Crippen LogP contribution >= 0.6 is 0 Å². The van der Waals surface area contributed by atoms with Gasteiger partial charge in [0.15, 0.2) is 0 Å². The summed E-state index contributed by atoms with van der Waals surface area (Å²) in [5, 5.41) is 22.0. The van der Waals surface area contributed by atoms with Gasteiger partial charge in [-0.2, -0.15) is 0 Å². The van der Waals surface area contributed by atoms with Gasteiger partial charge in [-0.05, 0) is 104 Å². The zero-order valence-corrected chi connectivity index (χ0v) is 19.7. The summed E-state index contributed by atoms with van der Waals surface area (Å²) in [5.74, 6) is 4.71. The van der Waals surface area contributed by atoms with E-state index in [1.807, 2.05) is 12.1 Å². The highest BCUT2D eigenvalue weighted by atomic mass is 16.6. The smallest absolute Gasteiger partial charge is 0.269 e. The quantitative estimate of drug-likeness (QED) is 0.252. The van der Waals surface area contributed by atoms with E-state index in [0.717, 1.165) is 48.3 Å². The molecule has 0 amide bonds. The number of nitro benzene ring substituents is 2. The van der Waals surface area contributed by atoms with Crippen molar-refractivity contribution in [2.75, 3.05) is 0 Å². The lowest BCUT2D eigenvalue weighted by molar-refractivity contribution is -0.385. The van der Waals surface area contributed by atoms with Crippen LogP contribution in [-0.2, 0) is 5.41 Å². The van der Waals surface area contributed by atoms with Gasteiger partial charge in [-0.25, -0.2) is 0 Å². The van der Waals surface area contributed by atoms with Crippen LogP contribution in [0.2, 0.25) is 0 Å². The van der Waals surface area contributed by atoms with Crippen molar-refractivity contribution in [1.82, 2.24) is 0 Å². The van der Waals surface area contributed by atoms with Crippen LogP contribution in [0.4, 0.5) is 11.4 Å². The van der Waals surface area contributed by atoms with Crippen molar-refractivity contribution in [3.8, 4) is 23.0 Å². The minimum absolute atomic E-state index is 0.0171. The van der Waals surface area contributed by atoms with E-state index in [2.05, 4.69) is 6.07 Å². The maximum atomic E-state index is 11.0. The first kappa shape index (κ1) is 22.5. The largest absolute Gasteiger partial charge is 0.457 e. The predicted molar refractivity (Wildman–Crippen MR) is 133 cm³/mol. The molecule has 8 nitrogen and oxygen atoms in total. The van der Waals surface area contributed by atoms with Crippen molar-refractivity contribution < 1.29 is 19.3 Å². The Hall–Kier alpha value is -3.94. The summed E-state index contributed by atoms with van der Waals surface area (Å²) in [6.45, 7) is 0. The second-order valence-corrected chi connectivity index (χ2v) is 10.6. The highest BCUT2D eigenvalue weighted by molar-refractivity contribution is 5.50. The van der Waals surface area contributed by atoms with Crippen LogP contribution in [-0.4, -0.2) is 9.85 Å². The Morgan fingerprint density at radius 1 is 0.639 bits per heavy atom. The fourth-order valence-electron chi connectivity index (χ4n) is 7.05. The topological polar surface area (TPSA) is 105 Å². The molecular weight excluding hydrogens is 460 g/mol. The number of rotatable bonds is 7. The summed E-state index contributed by atoms with van der Waals surface area (Å²) >= 11 is 0. The third-order valence-electron chi connectivity index (χ3n) is 8.12. The van der Waals surface area contributed by atoms with E-state index < -0.39 is 9.85 Å². The van der Waals surface area contributed by atoms with E-state index in [0.29, 0.717) is 17.2 Å². The Morgan fingerprint density at radius 2 is 1.08 bits per heavy atom. The maximum Gasteiger partial charge on any atom is 0.269 e. The first-order valence-corrected chi connectivity index (χ1v) is 12.4. The molecule has 0 heterocycles. The molecule has 3 aromatic rings. The molecule has 4 aliphatic carbocycles. The molecule has 4 saturated carbocycles. The zero-order valence-electron chi connectivity index (χ0n) is 19.7. The Bertz CT molecular complexity index is 1280. The summed E-state index contributed by atoms with van der Waals surface area (Å²) in [7, 11) is 0. The predicted octanol–water partition coefficient (Wildman–Crippen LogP) is 7.56. The molecular formula is C28H26N2O6. The summed E-state index contributed by atoms with van der Waals surface area (Å²) in [6.07, 6.45) is 7.36. The number of nitro groups is 2. The van der Waals surface area contributed by atoms with E-state index in [-0.39, 0.29) is 16.8 Å². The van der Waals surface area contributed by atoms with Gasteiger partial charge in [-0.15, -0.1) is 0 Å². The second-order valence-electron chi connectivity index (χ2n) is 10.6. The van der Waals surface area contributed by atoms with Crippen molar-refractivity contribution in [2.24, 2.45) is 17.8 Å². The highest BCUT2D eigenvalue weighted by Gasteiger charge is 2.52. The van der Waals surface area contributed by atoms with Gasteiger partial charge in [0.25, 0.3) is 11.4 Å². The fourth-order valence-corrected chi connectivity index (χ4v) is 7.05. The molecule has 184 valence electrons. The van der Waals surface area contributed by atoms with Gasteiger partial charge in [0.05, 0.1) is 9.85 Å². The van der Waals surface area contributed by atoms with Crippen molar-refractivity contribution in [1.29, 1.82) is 0 Å². The fraction of sp³-hybridized carbons (Fsp3) is 0.357. The van der Waals surface area contributed by atoms with E-state index in [9.17, 15) is 20.2 Å². The molecule has 4 bridgehead atoms. The van der Waals surface area contributed by atoms with Gasteiger partial charge < -0.3 is 9.47 Å². The summed E-state index contributed by atoms with van der Waals surface area (Å²) in [6, 6.07) is 18.0. The number of benzene rings is 3. The molecule has 0 spiro atoms. The Labute approximate surface area is 208 Å². The standard InChI is InChI=1S/C28H26N2O6/c31-29(32)21-1-5-23(6-2-21)35-25-9-10-27(36-24-7-3-22(4-8-24)30(33)34)26(14-25)28-15-18-11-19(16-28)13-20(12-18)17-28/h1-10,14,18-20H,11-13,15-17H2. The Morgan fingerprint density at radius 3 is 1.56 bits per heavy atom. The van der Waals surface area contributed by atoms with E-state index in [1.54, 1.807) is 24.3 Å². The number of nitrogens with zero attached hydrogens (tertiary/aromatic N) is 2. The number of ether oxygens (including phenoxy) is 2. The van der Waals surface area contributed by atoms with Crippen molar-refractivity contribution >= 4 is 11.4 Å². The summed E-state index contributed by atoms with van der Waals surface area (Å²) in [4.78, 5) is 21.2. The van der Waals surface area contributed by atoms with Gasteiger partial charge >= 0.3 is 0 Å². The molecule has 4 fully saturated rings. The lowest BCUT2D eigenvalue weighted by atomic mass is 9.48. The monoisotopic (exact) mass is 486 g/mol. The highest BCUT2D eigenvalue weighted by Crippen LogP contribution is 2.62. The molecule has 0 aromatic heterocycles. The minimum atomic E-state index is -0.431. The van der Waals surface area contributed by atoms with Crippen LogP contribution in [0.25, 0.3) is 0 Å². The maximum absolute atomic E-state index is 11.0. The van der Waals surface area contributed by atoms with Crippen molar-refractivity contribution in [3.05, 3.63) is 92.5 Å². The molecule has 0 atom stereocenters. The van der Waals surface area contributed by atoms with Crippen LogP contribution in [0.3, 0.4) is 0 Å². The third kappa shape index (κ3) is 4.17. The normalized spacial score (nSPS) is 25.9. The number of hydrogen-bond donors (Lipinski definition) is 0. The van der Waals surface area contributed by atoms with Gasteiger partial charge in [0, 0.05) is 29.8 Å². The molecule has 0 N–H and O–H groups in total. The van der Waals surface area contributed by atoms with Crippen LogP contribution in [0.1, 0.15) is 44.1 Å². The molecule has 4 aliphatic rings. The summed E-state index contributed by atoms with van der Waals surface area (Å²) < 4.78 is 12.4. The van der Waals surface area contributed by atoms with Gasteiger partial charge in [-0.3, -0.25) is 20.2 Å². The van der Waals surface area contributed by atoms with E-state index in [1.165, 1.54) is 43.5 Å². The molecule has 3 aromatic carbocycles. The average molecular weight is 487 g/mol.